The van der Waals surface area contributed by atoms with Crippen molar-refractivity contribution in [3.8, 4) is 5.69 Å². The molecule has 1 unspecified atom stereocenters. The van der Waals surface area contributed by atoms with Crippen LogP contribution in [0.5, 0.6) is 0 Å². The number of halogens is 2. The van der Waals surface area contributed by atoms with Crippen molar-refractivity contribution in [3.05, 3.63) is 105 Å². The maximum atomic E-state index is 14.0. The van der Waals surface area contributed by atoms with Gasteiger partial charge < -0.3 is 4.90 Å². The summed E-state index contributed by atoms with van der Waals surface area (Å²) >= 11 is 3.46. The van der Waals surface area contributed by atoms with E-state index in [9.17, 15) is 14.0 Å². The highest BCUT2D eigenvalue weighted by atomic mass is 79.9. The minimum Gasteiger partial charge on any atom is -0.328 e. The quantitative estimate of drug-likeness (QED) is 0.210. The number of unbranched alkanes of at least 4 members (excludes halogenated alkanes) is 2. The van der Waals surface area contributed by atoms with Crippen molar-refractivity contribution < 1.29 is 9.18 Å². The van der Waals surface area contributed by atoms with Crippen LogP contribution in [0.4, 0.5) is 4.39 Å². The SMILES string of the molecule is CCCCCN(C(=O)c1cccc(F)c1)C(CC)c1nc2ccccc2c(=O)n1-c1ccc(Br)cc1. The number of amides is 1. The van der Waals surface area contributed by atoms with Gasteiger partial charge in [0.1, 0.15) is 11.6 Å². The maximum Gasteiger partial charge on any atom is 0.266 e. The molecule has 36 heavy (non-hydrogen) atoms. The van der Waals surface area contributed by atoms with Gasteiger partial charge in [-0.1, -0.05) is 60.8 Å². The van der Waals surface area contributed by atoms with Gasteiger partial charge in [0.05, 0.1) is 22.6 Å². The number of fused-ring (bicyclic) bond motifs is 1. The predicted molar refractivity (Wildman–Crippen MR) is 145 cm³/mol. The lowest BCUT2D eigenvalue weighted by molar-refractivity contribution is 0.0654. The molecule has 0 spiro atoms. The van der Waals surface area contributed by atoms with E-state index in [1.807, 2.05) is 49.4 Å². The first kappa shape index (κ1) is 25.8. The Morgan fingerprint density at radius 1 is 1.03 bits per heavy atom. The molecule has 1 atom stereocenters. The van der Waals surface area contributed by atoms with Crippen molar-refractivity contribution in [1.82, 2.24) is 14.5 Å². The smallest absolute Gasteiger partial charge is 0.266 e. The minimum absolute atomic E-state index is 0.192. The van der Waals surface area contributed by atoms with E-state index in [0.29, 0.717) is 35.4 Å². The summed E-state index contributed by atoms with van der Waals surface area (Å²) in [6.07, 6.45) is 3.28. The van der Waals surface area contributed by atoms with Crippen molar-refractivity contribution >= 4 is 32.7 Å². The zero-order chi connectivity index (χ0) is 25.7. The number of nitrogens with zero attached hydrogens (tertiary/aromatic N) is 3. The lowest BCUT2D eigenvalue weighted by Crippen LogP contribution is -2.39. The molecule has 5 nitrogen and oxygen atoms in total. The monoisotopic (exact) mass is 549 g/mol. The van der Waals surface area contributed by atoms with Crippen LogP contribution in [-0.4, -0.2) is 26.9 Å². The Morgan fingerprint density at radius 2 is 1.78 bits per heavy atom. The van der Waals surface area contributed by atoms with Gasteiger partial charge in [-0.3, -0.25) is 14.2 Å². The first-order valence-corrected chi connectivity index (χ1v) is 13.1. The molecule has 1 amide bonds. The number of hydrogen-bond acceptors (Lipinski definition) is 3. The summed E-state index contributed by atoms with van der Waals surface area (Å²) in [5.41, 5.74) is 1.34. The number of rotatable bonds is 9. The Labute approximate surface area is 218 Å². The summed E-state index contributed by atoms with van der Waals surface area (Å²) in [6, 6.07) is 20.0. The summed E-state index contributed by atoms with van der Waals surface area (Å²) in [6.45, 7) is 4.56. The van der Waals surface area contributed by atoms with Gasteiger partial charge in [0.25, 0.3) is 11.5 Å². The molecule has 0 radical (unpaired) electrons. The topological polar surface area (TPSA) is 55.2 Å². The number of para-hydroxylation sites is 1. The van der Waals surface area contributed by atoms with Gasteiger partial charge in [-0.2, -0.15) is 0 Å². The molecule has 0 fully saturated rings. The van der Waals surface area contributed by atoms with E-state index in [0.717, 1.165) is 23.7 Å². The van der Waals surface area contributed by atoms with E-state index in [1.165, 1.54) is 12.1 Å². The van der Waals surface area contributed by atoms with Crippen molar-refractivity contribution in [2.45, 2.75) is 45.6 Å². The molecule has 0 N–H and O–H groups in total. The molecule has 3 aromatic carbocycles. The molecule has 1 heterocycles. The van der Waals surface area contributed by atoms with Gasteiger partial charge in [0.2, 0.25) is 0 Å². The molecule has 1 aromatic heterocycles. The third-order valence-electron chi connectivity index (χ3n) is 6.28. The number of aromatic nitrogens is 2. The van der Waals surface area contributed by atoms with Crippen molar-refractivity contribution in [2.24, 2.45) is 0 Å². The van der Waals surface area contributed by atoms with E-state index in [1.54, 1.807) is 27.7 Å². The largest absolute Gasteiger partial charge is 0.328 e. The molecular weight excluding hydrogens is 521 g/mol. The molecule has 7 heteroatoms. The average Bonchev–Trinajstić information content (AvgIpc) is 2.89. The minimum atomic E-state index is -0.487. The van der Waals surface area contributed by atoms with Crippen LogP contribution in [-0.2, 0) is 0 Å². The fourth-order valence-electron chi connectivity index (χ4n) is 4.47. The number of benzene rings is 3. The normalized spacial score (nSPS) is 12.0. The molecule has 0 aliphatic heterocycles. The summed E-state index contributed by atoms with van der Waals surface area (Å²) < 4.78 is 16.5. The lowest BCUT2D eigenvalue weighted by Gasteiger charge is -2.32. The number of hydrogen-bond donors (Lipinski definition) is 0. The zero-order valence-electron chi connectivity index (χ0n) is 20.5. The molecule has 186 valence electrons. The highest BCUT2D eigenvalue weighted by Gasteiger charge is 2.29. The Hall–Kier alpha value is -3.32. The second kappa shape index (κ2) is 11.6. The van der Waals surface area contributed by atoms with Gasteiger partial charge in [-0.15, -0.1) is 0 Å². The third-order valence-corrected chi connectivity index (χ3v) is 6.81. The maximum absolute atomic E-state index is 14.0. The van der Waals surface area contributed by atoms with E-state index in [-0.39, 0.29) is 17.0 Å². The predicted octanol–water partition coefficient (Wildman–Crippen LogP) is 7.07. The Balaban J connectivity index is 1.92. The van der Waals surface area contributed by atoms with E-state index >= 15 is 0 Å². The first-order chi connectivity index (χ1) is 17.4. The van der Waals surface area contributed by atoms with Gasteiger partial charge >= 0.3 is 0 Å². The van der Waals surface area contributed by atoms with Gasteiger partial charge in [-0.05, 0) is 67.4 Å². The number of carbonyl (C=O) groups excluding carboxylic acids is 1. The zero-order valence-corrected chi connectivity index (χ0v) is 22.0. The summed E-state index contributed by atoms with van der Waals surface area (Å²) in [7, 11) is 0. The average molecular weight is 550 g/mol. The molecular formula is C29H29BrFN3O2. The van der Waals surface area contributed by atoms with Crippen molar-refractivity contribution in [1.29, 1.82) is 0 Å². The summed E-state index contributed by atoms with van der Waals surface area (Å²) in [5.74, 6) is -0.245. The summed E-state index contributed by atoms with van der Waals surface area (Å²) in [4.78, 5) is 34.2. The van der Waals surface area contributed by atoms with Crippen LogP contribution in [0.25, 0.3) is 16.6 Å². The fourth-order valence-corrected chi connectivity index (χ4v) is 4.74. The van der Waals surface area contributed by atoms with E-state index < -0.39 is 11.9 Å². The second-order valence-corrected chi connectivity index (χ2v) is 9.66. The molecule has 0 saturated heterocycles. The highest BCUT2D eigenvalue weighted by Crippen LogP contribution is 2.28. The van der Waals surface area contributed by atoms with Crippen LogP contribution in [0.15, 0.2) is 82.1 Å². The fraction of sp³-hybridized carbons (Fsp3) is 0.276. The van der Waals surface area contributed by atoms with Gasteiger partial charge in [-0.25, -0.2) is 9.37 Å². The van der Waals surface area contributed by atoms with Gasteiger partial charge in [0, 0.05) is 16.6 Å². The van der Waals surface area contributed by atoms with Crippen LogP contribution in [0.2, 0.25) is 0 Å². The Bertz CT molecular complexity index is 1420. The molecule has 0 aliphatic carbocycles. The van der Waals surface area contributed by atoms with Gasteiger partial charge in [0.15, 0.2) is 0 Å². The highest BCUT2D eigenvalue weighted by molar-refractivity contribution is 9.10. The molecule has 0 aliphatic rings. The van der Waals surface area contributed by atoms with Crippen molar-refractivity contribution in [3.63, 3.8) is 0 Å². The molecule has 0 bridgehead atoms. The second-order valence-electron chi connectivity index (χ2n) is 8.74. The lowest BCUT2D eigenvalue weighted by atomic mass is 10.1. The standard InChI is InChI=1S/C29H29BrFN3O2/c1-3-5-8-18-33(28(35)20-10-9-11-22(31)19-20)26(4-2)27-32-25-13-7-6-12-24(25)29(36)34(27)23-16-14-21(30)15-17-23/h6-7,9-17,19,26H,3-5,8,18H2,1-2H3. The molecule has 4 rings (SSSR count). The first-order valence-electron chi connectivity index (χ1n) is 12.3. The van der Waals surface area contributed by atoms with Crippen LogP contribution in [0, 0.1) is 5.82 Å². The molecule has 4 aromatic rings. The third kappa shape index (κ3) is 5.41. The van der Waals surface area contributed by atoms with Crippen LogP contribution >= 0.6 is 15.9 Å². The van der Waals surface area contributed by atoms with E-state index in [2.05, 4.69) is 22.9 Å². The van der Waals surface area contributed by atoms with Crippen LogP contribution in [0.3, 0.4) is 0 Å². The van der Waals surface area contributed by atoms with E-state index in [4.69, 9.17) is 4.98 Å². The van der Waals surface area contributed by atoms with Crippen LogP contribution in [0.1, 0.15) is 61.8 Å². The number of carbonyl (C=O) groups is 1. The molecule has 0 saturated carbocycles. The van der Waals surface area contributed by atoms with Crippen molar-refractivity contribution in [2.75, 3.05) is 6.54 Å². The Morgan fingerprint density at radius 3 is 2.47 bits per heavy atom. The Kier molecular flexibility index (Phi) is 8.31. The summed E-state index contributed by atoms with van der Waals surface area (Å²) in [5, 5.41) is 0.507. The van der Waals surface area contributed by atoms with Crippen LogP contribution < -0.4 is 5.56 Å².